The Labute approximate surface area is 110 Å². The zero-order valence-corrected chi connectivity index (χ0v) is 11.1. The van der Waals surface area contributed by atoms with E-state index >= 15 is 0 Å². The first kappa shape index (κ1) is 12.9. The zero-order valence-electron chi connectivity index (χ0n) is 10.3. The predicted molar refractivity (Wildman–Crippen MR) is 70.8 cm³/mol. The van der Waals surface area contributed by atoms with Crippen LogP contribution in [0, 0.1) is 7.11 Å². The van der Waals surface area contributed by atoms with Crippen LogP contribution in [0.1, 0.15) is 5.01 Å². The van der Waals surface area contributed by atoms with Gasteiger partial charge in [-0.1, -0.05) is 0 Å². The summed E-state index contributed by atoms with van der Waals surface area (Å²) in [5.41, 5.74) is 1.80. The van der Waals surface area contributed by atoms with Crippen LogP contribution in [0.2, 0.25) is 0 Å². The molecule has 0 spiro atoms. The number of hydrogen-bond acceptors (Lipinski definition) is 5. The molecule has 0 saturated heterocycles. The van der Waals surface area contributed by atoms with E-state index in [1.54, 1.807) is 14.2 Å². The van der Waals surface area contributed by atoms with E-state index in [0.29, 0.717) is 6.61 Å². The van der Waals surface area contributed by atoms with Gasteiger partial charge in [0.2, 0.25) is 0 Å². The summed E-state index contributed by atoms with van der Waals surface area (Å²) in [6.45, 7) is 0.420. The largest absolute Gasteiger partial charge is 0.497 e. The molecule has 0 N–H and O–H groups in total. The Hall–Kier alpha value is -1.59. The minimum atomic E-state index is 0.420. The Bertz CT molecular complexity index is 525. The van der Waals surface area contributed by atoms with Crippen LogP contribution in [-0.4, -0.2) is 19.2 Å². The Morgan fingerprint density at radius 2 is 2.11 bits per heavy atom. The van der Waals surface area contributed by atoms with Gasteiger partial charge in [-0.3, -0.25) is 0 Å². The molecule has 2 rings (SSSR count). The van der Waals surface area contributed by atoms with Gasteiger partial charge in [-0.25, -0.2) is 4.98 Å². The number of nitrogens with zero attached hydrogens (tertiary/aromatic N) is 1. The molecule has 95 valence electrons. The SMILES string of the molecule is [CH2]OCc1nc(-c2ccc(OC)cc2OC)cs1. The van der Waals surface area contributed by atoms with Crippen LogP contribution in [0.3, 0.4) is 0 Å². The van der Waals surface area contributed by atoms with E-state index in [4.69, 9.17) is 14.2 Å². The van der Waals surface area contributed by atoms with Gasteiger partial charge in [-0.15, -0.1) is 11.3 Å². The molecule has 1 aromatic carbocycles. The monoisotopic (exact) mass is 264 g/mol. The number of hydrogen-bond donors (Lipinski definition) is 0. The molecule has 5 heteroatoms. The fraction of sp³-hybridized carbons (Fsp3) is 0.231. The van der Waals surface area contributed by atoms with Gasteiger partial charge in [0.05, 0.1) is 33.6 Å². The molecule has 18 heavy (non-hydrogen) atoms. The molecule has 0 aliphatic carbocycles. The maximum atomic E-state index is 5.35. The van der Waals surface area contributed by atoms with Crippen LogP contribution in [0.15, 0.2) is 23.6 Å². The highest BCUT2D eigenvalue weighted by Gasteiger charge is 2.11. The van der Waals surface area contributed by atoms with Gasteiger partial charge in [0, 0.05) is 17.0 Å². The lowest BCUT2D eigenvalue weighted by Gasteiger charge is -2.08. The molecule has 0 fully saturated rings. The average Bonchev–Trinajstić information content (AvgIpc) is 2.87. The smallest absolute Gasteiger partial charge is 0.131 e. The van der Waals surface area contributed by atoms with E-state index in [2.05, 4.69) is 12.1 Å². The number of rotatable bonds is 5. The summed E-state index contributed by atoms with van der Waals surface area (Å²) < 4.78 is 15.3. The third kappa shape index (κ3) is 2.63. The van der Waals surface area contributed by atoms with Gasteiger partial charge < -0.3 is 14.2 Å². The number of benzene rings is 1. The molecule has 0 atom stereocenters. The van der Waals surface area contributed by atoms with Crippen molar-refractivity contribution in [3.8, 4) is 22.8 Å². The first-order chi connectivity index (χ1) is 8.78. The molecule has 1 aromatic heterocycles. The van der Waals surface area contributed by atoms with E-state index in [1.165, 1.54) is 11.3 Å². The quantitative estimate of drug-likeness (QED) is 0.832. The summed E-state index contributed by atoms with van der Waals surface area (Å²) in [5.74, 6) is 1.49. The van der Waals surface area contributed by atoms with Gasteiger partial charge in [0.1, 0.15) is 16.5 Å². The predicted octanol–water partition coefficient (Wildman–Crippen LogP) is 3.14. The maximum Gasteiger partial charge on any atom is 0.131 e. The van der Waals surface area contributed by atoms with Crippen LogP contribution in [-0.2, 0) is 11.3 Å². The Kier molecular flexibility index (Phi) is 4.17. The summed E-state index contributed by atoms with van der Waals surface area (Å²) >= 11 is 1.54. The molecule has 0 aliphatic rings. The fourth-order valence-electron chi connectivity index (χ4n) is 1.60. The van der Waals surface area contributed by atoms with Crippen LogP contribution in [0.5, 0.6) is 11.5 Å². The van der Waals surface area contributed by atoms with Gasteiger partial charge >= 0.3 is 0 Å². The van der Waals surface area contributed by atoms with Crippen molar-refractivity contribution < 1.29 is 14.2 Å². The van der Waals surface area contributed by atoms with E-state index in [-0.39, 0.29) is 0 Å². The summed E-state index contributed by atoms with van der Waals surface area (Å²) in [6.07, 6.45) is 0. The lowest BCUT2D eigenvalue weighted by Crippen LogP contribution is -1.91. The van der Waals surface area contributed by atoms with Gasteiger partial charge in [-0.2, -0.15) is 0 Å². The van der Waals surface area contributed by atoms with Crippen molar-refractivity contribution in [2.75, 3.05) is 14.2 Å². The van der Waals surface area contributed by atoms with Gasteiger partial charge in [0.15, 0.2) is 0 Å². The van der Waals surface area contributed by atoms with Crippen molar-refractivity contribution in [2.24, 2.45) is 0 Å². The van der Waals surface area contributed by atoms with E-state index in [9.17, 15) is 0 Å². The van der Waals surface area contributed by atoms with Gasteiger partial charge in [0.25, 0.3) is 0 Å². The molecular formula is C13H14NO3S. The lowest BCUT2D eigenvalue weighted by atomic mass is 10.1. The minimum absolute atomic E-state index is 0.420. The first-order valence-electron chi connectivity index (χ1n) is 5.32. The standard InChI is InChI=1S/C13H14NO3S/c1-15-7-13-14-11(8-18-13)10-5-4-9(16-2)6-12(10)17-3/h4-6,8H,1,7H2,2-3H3. The molecule has 0 saturated carbocycles. The van der Waals surface area contributed by atoms with Gasteiger partial charge in [-0.05, 0) is 12.1 Å². The van der Waals surface area contributed by atoms with Crippen molar-refractivity contribution >= 4 is 11.3 Å². The second-order valence-electron chi connectivity index (χ2n) is 3.54. The summed E-state index contributed by atoms with van der Waals surface area (Å²) in [4.78, 5) is 4.47. The highest BCUT2D eigenvalue weighted by molar-refractivity contribution is 7.09. The molecule has 2 aromatic rings. The van der Waals surface area contributed by atoms with Crippen molar-refractivity contribution in [3.63, 3.8) is 0 Å². The first-order valence-corrected chi connectivity index (χ1v) is 6.20. The second-order valence-corrected chi connectivity index (χ2v) is 4.48. The van der Waals surface area contributed by atoms with Crippen molar-refractivity contribution in [1.29, 1.82) is 0 Å². The molecule has 0 bridgehead atoms. The zero-order chi connectivity index (χ0) is 13.0. The van der Waals surface area contributed by atoms with Crippen LogP contribution in [0.4, 0.5) is 0 Å². The van der Waals surface area contributed by atoms with Crippen LogP contribution >= 0.6 is 11.3 Å². The van der Waals surface area contributed by atoms with E-state index in [1.807, 2.05) is 23.6 Å². The maximum absolute atomic E-state index is 5.35. The lowest BCUT2D eigenvalue weighted by molar-refractivity contribution is 0.228. The number of ether oxygens (including phenoxy) is 3. The Morgan fingerprint density at radius 3 is 2.78 bits per heavy atom. The molecule has 0 unspecified atom stereocenters. The average molecular weight is 264 g/mol. The van der Waals surface area contributed by atoms with Crippen molar-refractivity contribution in [3.05, 3.63) is 35.7 Å². The topological polar surface area (TPSA) is 40.6 Å². The third-order valence-corrected chi connectivity index (χ3v) is 3.28. The van der Waals surface area contributed by atoms with Crippen molar-refractivity contribution in [2.45, 2.75) is 6.61 Å². The van der Waals surface area contributed by atoms with Crippen molar-refractivity contribution in [1.82, 2.24) is 4.98 Å². The minimum Gasteiger partial charge on any atom is -0.497 e. The Morgan fingerprint density at radius 1 is 1.28 bits per heavy atom. The number of thiazole rings is 1. The van der Waals surface area contributed by atoms with E-state index in [0.717, 1.165) is 27.8 Å². The highest BCUT2D eigenvalue weighted by atomic mass is 32.1. The molecule has 4 nitrogen and oxygen atoms in total. The molecule has 0 amide bonds. The summed E-state index contributed by atoms with van der Waals surface area (Å²) in [6, 6.07) is 5.66. The number of aromatic nitrogens is 1. The molecule has 1 radical (unpaired) electrons. The fourth-order valence-corrected chi connectivity index (χ4v) is 2.33. The number of methoxy groups -OCH3 is 2. The second kappa shape index (κ2) is 5.84. The summed E-state index contributed by atoms with van der Waals surface area (Å²) in [7, 11) is 6.60. The van der Waals surface area contributed by atoms with E-state index < -0.39 is 0 Å². The molecule has 0 aliphatic heterocycles. The third-order valence-electron chi connectivity index (χ3n) is 2.46. The highest BCUT2D eigenvalue weighted by Crippen LogP contribution is 2.33. The normalized spacial score (nSPS) is 10.4. The summed E-state index contributed by atoms with van der Waals surface area (Å²) in [5, 5.41) is 2.86. The van der Waals surface area contributed by atoms with Crippen LogP contribution < -0.4 is 9.47 Å². The van der Waals surface area contributed by atoms with Crippen LogP contribution in [0.25, 0.3) is 11.3 Å². The molecular weight excluding hydrogens is 250 g/mol. The molecule has 1 heterocycles. The Balaban J connectivity index is 2.36.